The Balaban J connectivity index is 1.24. The maximum absolute atomic E-state index is 13.2. The van der Waals surface area contributed by atoms with Crippen LogP contribution in [0.25, 0.3) is 0 Å². The third-order valence-electron chi connectivity index (χ3n) is 7.14. The minimum atomic E-state index is -0.0839. The van der Waals surface area contributed by atoms with Gasteiger partial charge in [-0.15, -0.1) is 0 Å². The van der Waals surface area contributed by atoms with Gasteiger partial charge in [0.1, 0.15) is 5.82 Å². The molecule has 0 unspecified atom stereocenters. The molecular weight excluding hydrogens is 536 g/mol. The predicted molar refractivity (Wildman–Crippen MR) is 149 cm³/mol. The second kappa shape index (κ2) is 13.2. The average Bonchev–Trinajstić information content (AvgIpc) is 2.89. The van der Waals surface area contributed by atoms with Crippen LogP contribution in [-0.4, -0.2) is 72.5 Å². The number of nitrogens with zero attached hydrogens (tertiary/aromatic N) is 3. The number of benzene rings is 1. The van der Waals surface area contributed by atoms with Crippen LogP contribution in [0, 0.1) is 5.92 Å². The second-order valence-corrected chi connectivity index (χ2v) is 10.8. The lowest BCUT2D eigenvalue weighted by atomic mass is 9.93. The number of aromatic nitrogens is 1. The number of hydrogen-bond acceptors (Lipinski definition) is 7. The molecule has 0 atom stereocenters. The molecule has 10 heteroatoms. The molecule has 2 amide bonds. The second-order valence-electron chi connectivity index (χ2n) is 9.86. The number of hydrogen-bond donors (Lipinski definition) is 3. The summed E-state index contributed by atoms with van der Waals surface area (Å²) in [4.78, 5) is 33.9. The van der Waals surface area contributed by atoms with Gasteiger partial charge in [0.2, 0.25) is 11.8 Å². The lowest BCUT2D eigenvalue weighted by Gasteiger charge is -2.37. The third-order valence-corrected chi connectivity index (χ3v) is 7.64. The van der Waals surface area contributed by atoms with Crippen molar-refractivity contribution in [3.05, 3.63) is 46.6 Å². The minimum absolute atomic E-state index is 0.0839. The van der Waals surface area contributed by atoms with Gasteiger partial charge in [-0.3, -0.25) is 14.5 Å². The van der Waals surface area contributed by atoms with Crippen molar-refractivity contribution in [3.63, 3.8) is 0 Å². The Morgan fingerprint density at radius 2 is 1.84 bits per heavy atom. The van der Waals surface area contributed by atoms with Crippen molar-refractivity contribution in [2.45, 2.75) is 44.7 Å². The van der Waals surface area contributed by atoms with Crippen LogP contribution in [-0.2, 0) is 20.9 Å². The summed E-state index contributed by atoms with van der Waals surface area (Å²) in [5.41, 5.74) is 8.60. The molecule has 37 heavy (non-hydrogen) atoms. The number of nitrogens with two attached hydrogens (primary N) is 1. The van der Waals surface area contributed by atoms with Crippen molar-refractivity contribution in [2.75, 3.05) is 56.3 Å². The molecule has 4 rings (SSSR count). The molecule has 9 nitrogen and oxygen atoms in total. The first-order valence-corrected chi connectivity index (χ1v) is 13.8. The number of methoxy groups -OCH3 is 1. The fourth-order valence-electron chi connectivity index (χ4n) is 5.06. The number of nitrogen functional groups attached to an aromatic ring is 1. The number of piperidine rings is 2. The van der Waals surface area contributed by atoms with E-state index in [-0.39, 0.29) is 17.9 Å². The van der Waals surface area contributed by atoms with Crippen LogP contribution < -0.4 is 16.4 Å². The minimum Gasteiger partial charge on any atom is -0.384 e. The quantitative estimate of drug-likeness (QED) is 0.419. The van der Waals surface area contributed by atoms with Gasteiger partial charge < -0.3 is 26.0 Å². The molecule has 2 aliphatic heterocycles. The molecule has 0 bridgehead atoms. The zero-order valence-corrected chi connectivity index (χ0v) is 23.0. The van der Waals surface area contributed by atoms with Gasteiger partial charge in [-0.1, -0.05) is 15.9 Å². The number of ether oxygens (including phenoxy) is 1. The van der Waals surface area contributed by atoms with Gasteiger partial charge in [0, 0.05) is 49.4 Å². The van der Waals surface area contributed by atoms with Crippen LogP contribution in [0.2, 0.25) is 0 Å². The molecule has 2 saturated heterocycles. The third kappa shape index (κ3) is 7.90. The molecule has 0 radical (unpaired) electrons. The highest BCUT2D eigenvalue weighted by Gasteiger charge is 2.31. The van der Waals surface area contributed by atoms with E-state index >= 15 is 0 Å². The van der Waals surface area contributed by atoms with Crippen LogP contribution in [0.3, 0.4) is 0 Å². The number of carbonyl (C=O) groups is 2. The van der Waals surface area contributed by atoms with Crippen molar-refractivity contribution in [2.24, 2.45) is 5.92 Å². The van der Waals surface area contributed by atoms with E-state index in [1.807, 2.05) is 35.2 Å². The van der Waals surface area contributed by atoms with Crippen molar-refractivity contribution in [3.8, 4) is 0 Å². The number of halogens is 1. The monoisotopic (exact) mass is 572 g/mol. The highest BCUT2D eigenvalue weighted by Crippen LogP contribution is 2.29. The van der Waals surface area contributed by atoms with Gasteiger partial charge in [0.25, 0.3) is 0 Å². The lowest BCUT2D eigenvalue weighted by Crippen LogP contribution is -2.47. The molecule has 2 fully saturated rings. The van der Waals surface area contributed by atoms with Gasteiger partial charge in [-0.2, -0.15) is 0 Å². The van der Waals surface area contributed by atoms with Gasteiger partial charge in [-0.05, 0) is 74.7 Å². The maximum Gasteiger partial charge on any atom is 0.226 e. The standard InChI is InChI=1S/C27H37BrN6O3/c1-37-15-9-26(35)32-24-17-21(28)2-3-23(24)31-22-7-13-34(14-8-22)27(36)20-5-11-33(12-6-20)18-19-4-10-30-25(29)16-19/h2-4,10,16-17,20,22,31H,5-9,11-15,18H2,1H3,(H2,29,30)(H,32,35). The zero-order chi connectivity index (χ0) is 26.2. The first kappa shape index (κ1) is 27.3. The Morgan fingerprint density at radius 1 is 1.08 bits per heavy atom. The Labute approximate surface area is 227 Å². The molecule has 0 saturated carbocycles. The van der Waals surface area contributed by atoms with Crippen molar-refractivity contribution < 1.29 is 14.3 Å². The summed E-state index contributed by atoms with van der Waals surface area (Å²) in [7, 11) is 1.58. The number of amides is 2. The first-order valence-electron chi connectivity index (χ1n) is 13.0. The maximum atomic E-state index is 13.2. The molecule has 2 aliphatic rings. The summed E-state index contributed by atoms with van der Waals surface area (Å²) in [5.74, 6) is 0.854. The number of carbonyl (C=O) groups excluding carboxylic acids is 2. The zero-order valence-electron chi connectivity index (χ0n) is 21.4. The molecule has 1 aromatic carbocycles. The molecule has 3 heterocycles. The highest BCUT2D eigenvalue weighted by atomic mass is 79.9. The van der Waals surface area contributed by atoms with Crippen molar-refractivity contribution in [1.29, 1.82) is 0 Å². The van der Waals surface area contributed by atoms with Gasteiger partial charge in [-0.25, -0.2) is 4.98 Å². The molecular formula is C27H37BrN6O3. The normalized spacial score (nSPS) is 17.5. The van der Waals surface area contributed by atoms with Gasteiger partial charge in [0.05, 0.1) is 24.4 Å². The summed E-state index contributed by atoms with van der Waals surface area (Å²) in [6, 6.07) is 10.0. The Kier molecular flexibility index (Phi) is 9.76. The predicted octanol–water partition coefficient (Wildman–Crippen LogP) is 3.72. The lowest BCUT2D eigenvalue weighted by molar-refractivity contribution is -0.138. The van der Waals surface area contributed by atoms with E-state index in [0.717, 1.165) is 79.8 Å². The van der Waals surface area contributed by atoms with E-state index in [4.69, 9.17) is 10.5 Å². The Hall–Kier alpha value is -2.69. The molecule has 0 spiro atoms. The van der Waals surface area contributed by atoms with Crippen LogP contribution >= 0.6 is 15.9 Å². The van der Waals surface area contributed by atoms with E-state index in [2.05, 4.69) is 36.4 Å². The number of anilines is 3. The number of pyridine rings is 1. The van der Waals surface area contributed by atoms with Crippen LogP contribution in [0.4, 0.5) is 17.2 Å². The topological polar surface area (TPSA) is 113 Å². The largest absolute Gasteiger partial charge is 0.384 e. The molecule has 1 aromatic heterocycles. The van der Waals surface area contributed by atoms with Crippen LogP contribution in [0.5, 0.6) is 0 Å². The van der Waals surface area contributed by atoms with E-state index in [1.54, 1.807) is 13.3 Å². The van der Waals surface area contributed by atoms with Gasteiger partial charge >= 0.3 is 0 Å². The Morgan fingerprint density at radius 3 is 2.54 bits per heavy atom. The average molecular weight is 574 g/mol. The van der Waals surface area contributed by atoms with Crippen LogP contribution in [0.15, 0.2) is 41.0 Å². The van der Waals surface area contributed by atoms with Crippen molar-refractivity contribution in [1.82, 2.24) is 14.8 Å². The van der Waals surface area contributed by atoms with Gasteiger partial charge in [0.15, 0.2) is 0 Å². The van der Waals surface area contributed by atoms with Crippen LogP contribution in [0.1, 0.15) is 37.7 Å². The molecule has 0 aliphatic carbocycles. The van der Waals surface area contributed by atoms with E-state index in [9.17, 15) is 9.59 Å². The summed E-state index contributed by atoms with van der Waals surface area (Å²) in [6.45, 7) is 4.56. The van der Waals surface area contributed by atoms with Crippen molar-refractivity contribution >= 4 is 44.9 Å². The summed E-state index contributed by atoms with van der Waals surface area (Å²) >= 11 is 3.49. The Bertz CT molecular complexity index is 1070. The van der Waals surface area contributed by atoms with E-state index < -0.39 is 0 Å². The number of likely N-dealkylation sites (tertiary alicyclic amines) is 2. The molecule has 2 aromatic rings. The number of nitrogens with one attached hydrogen (secondary N) is 2. The fourth-order valence-corrected chi connectivity index (χ4v) is 5.43. The smallest absolute Gasteiger partial charge is 0.226 e. The van der Waals surface area contributed by atoms with E-state index in [1.165, 1.54) is 0 Å². The fraction of sp³-hybridized carbons (Fsp3) is 0.519. The number of rotatable bonds is 9. The van der Waals surface area contributed by atoms with E-state index in [0.29, 0.717) is 24.8 Å². The summed E-state index contributed by atoms with van der Waals surface area (Å²) in [6.07, 6.45) is 5.59. The molecule has 200 valence electrons. The SMILES string of the molecule is COCCC(=O)Nc1cc(Br)ccc1NC1CCN(C(=O)C2CCN(Cc3ccnc(N)c3)CC2)CC1. The molecule has 4 N–H and O–H groups in total. The summed E-state index contributed by atoms with van der Waals surface area (Å²) < 4.78 is 5.90. The summed E-state index contributed by atoms with van der Waals surface area (Å²) in [5, 5.41) is 6.56. The first-order chi connectivity index (χ1) is 17.9. The highest BCUT2D eigenvalue weighted by molar-refractivity contribution is 9.10.